The fourth-order valence-corrected chi connectivity index (χ4v) is 2.91. The molecule has 1 saturated heterocycles. The maximum atomic E-state index is 12.1. The molecule has 2 unspecified atom stereocenters. The first kappa shape index (κ1) is 16.0. The van der Waals surface area contributed by atoms with Gasteiger partial charge in [-0.3, -0.25) is 4.79 Å². The molecule has 0 aliphatic carbocycles. The Morgan fingerprint density at radius 3 is 2.81 bits per heavy atom. The molecule has 5 nitrogen and oxygen atoms in total. The maximum Gasteiger partial charge on any atom is 0.335 e. The van der Waals surface area contributed by atoms with Crippen LogP contribution in [0.4, 0.5) is 0 Å². The van der Waals surface area contributed by atoms with Gasteiger partial charge >= 0.3 is 5.97 Å². The third-order valence-corrected chi connectivity index (χ3v) is 4.43. The first-order valence-corrected chi connectivity index (χ1v) is 7.65. The molecule has 0 aromatic heterocycles. The molecule has 1 heterocycles. The SMILES string of the molecule is CCCN1C(=O)COC(C(=O)O)C1c1ccc(C)c(Br)c1. The second-order valence-corrected chi connectivity index (χ2v) is 5.96. The van der Waals surface area contributed by atoms with Gasteiger partial charge in [-0.1, -0.05) is 35.0 Å². The first-order valence-electron chi connectivity index (χ1n) is 6.85. The summed E-state index contributed by atoms with van der Waals surface area (Å²) in [5, 5.41) is 9.39. The summed E-state index contributed by atoms with van der Waals surface area (Å²) in [7, 11) is 0. The molecule has 0 radical (unpaired) electrons. The topological polar surface area (TPSA) is 66.8 Å². The summed E-state index contributed by atoms with van der Waals surface area (Å²) >= 11 is 3.45. The zero-order chi connectivity index (χ0) is 15.6. The lowest BCUT2D eigenvalue weighted by atomic mass is 9.96. The summed E-state index contributed by atoms with van der Waals surface area (Å²) in [6.07, 6.45) is -0.273. The van der Waals surface area contributed by atoms with Crippen LogP contribution in [0.3, 0.4) is 0 Å². The highest BCUT2D eigenvalue weighted by Gasteiger charge is 2.41. The van der Waals surface area contributed by atoms with Crippen molar-refractivity contribution in [2.45, 2.75) is 32.4 Å². The number of morpholine rings is 1. The summed E-state index contributed by atoms with van der Waals surface area (Å²) in [5.41, 5.74) is 1.82. The number of carbonyl (C=O) groups is 2. The smallest absolute Gasteiger partial charge is 0.335 e. The van der Waals surface area contributed by atoms with Gasteiger partial charge in [0.1, 0.15) is 6.61 Å². The minimum absolute atomic E-state index is 0.170. The average molecular weight is 356 g/mol. The van der Waals surface area contributed by atoms with Gasteiger partial charge in [0.15, 0.2) is 6.10 Å². The number of hydrogen-bond donors (Lipinski definition) is 1. The molecule has 0 spiro atoms. The van der Waals surface area contributed by atoms with Gasteiger partial charge in [0.05, 0.1) is 6.04 Å². The van der Waals surface area contributed by atoms with E-state index in [1.54, 1.807) is 4.90 Å². The molecular weight excluding hydrogens is 338 g/mol. The number of carboxylic acid groups (broad SMARTS) is 1. The summed E-state index contributed by atoms with van der Waals surface area (Å²) in [6.45, 7) is 4.25. The van der Waals surface area contributed by atoms with Crippen molar-refractivity contribution in [2.75, 3.05) is 13.2 Å². The molecule has 1 amide bonds. The van der Waals surface area contributed by atoms with E-state index in [0.29, 0.717) is 6.54 Å². The number of nitrogens with zero attached hydrogens (tertiary/aromatic N) is 1. The zero-order valence-electron chi connectivity index (χ0n) is 12.0. The number of carbonyl (C=O) groups excluding carboxylic acids is 1. The number of rotatable bonds is 4. The predicted octanol–water partition coefficient (Wildman–Crippen LogP) is 2.52. The molecule has 2 atom stereocenters. The highest BCUT2D eigenvalue weighted by atomic mass is 79.9. The Balaban J connectivity index is 2.45. The Bertz CT molecular complexity index is 561. The lowest BCUT2D eigenvalue weighted by Gasteiger charge is -2.39. The second kappa shape index (κ2) is 6.58. The van der Waals surface area contributed by atoms with Crippen molar-refractivity contribution in [3.8, 4) is 0 Å². The van der Waals surface area contributed by atoms with Gasteiger partial charge in [-0.05, 0) is 30.5 Å². The number of halogens is 1. The van der Waals surface area contributed by atoms with E-state index < -0.39 is 18.1 Å². The Labute approximate surface area is 132 Å². The fourth-order valence-electron chi connectivity index (χ4n) is 2.51. The summed E-state index contributed by atoms with van der Waals surface area (Å²) in [6, 6.07) is 5.02. The third kappa shape index (κ3) is 3.27. The van der Waals surface area contributed by atoms with Crippen molar-refractivity contribution in [1.29, 1.82) is 0 Å². The molecule has 0 bridgehead atoms. The van der Waals surface area contributed by atoms with E-state index >= 15 is 0 Å². The second-order valence-electron chi connectivity index (χ2n) is 5.11. The Hall–Kier alpha value is -1.40. The average Bonchev–Trinajstić information content (AvgIpc) is 2.44. The number of amides is 1. The molecule has 114 valence electrons. The number of hydrogen-bond acceptors (Lipinski definition) is 3. The van der Waals surface area contributed by atoms with Gasteiger partial charge in [0.2, 0.25) is 5.91 Å². The molecule has 21 heavy (non-hydrogen) atoms. The lowest BCUT2D eigenvalue weighted by molar-refractivity contribution is -0.173. The number of aliphatic carboxylic acids is 1. The van der Waals surface area contributed by atoms with Gasteiger partial charge in [-0.2, -0.15) is 0 Å². The molecule has 2 rings (SSSR count). The Morgan fingerprint density at radius 2 is 2.24 bits per heavy atom. The fraction of sp³-hybridized carbons (Fsp3) is 0.467. The highest BCUT2D eigenvalue weighted by Crippen LogP contribution is 2.32. The van der Waals surface area contributed by atoms with Crippen molar-refractivity contribution in [3.63, 3.8) is 0 Å². The van der Waals surface area contributed by atoms with Gasteiger partial charge in [-0.15, -0.1) is 0 Å². The molecule has 6 heteroatoms. The van der Waals surface area contributed by atoms with Gasteiger partial charge in [0.25, 0.3) is 0 Å². The van der Waals surface area contributed by atoms with Crippen LogP contribution in [0.25, 0.3) is 0 Å². The highest BCUT2D eigenvalue weighted by molar-refractivity contribution is 9.10. The van der Waals surface area contributed by atoms with Crippen LogP contribution >= 0.6 is 15.9 Å². The van der Waals surface area contributed by atoms with Crippen molar-refractivity contribution < 1.29 is 19.4 Å². The third-order valence-electron chi connectivity index (χ3n) is 3.57. The van der Waals surface area contributed by atoms with Crippen LogP contribution in [0.2, 0.25) is 0 Å². The van der Waals surface area contributed by atoms with Crippen LogP contribution in [0.1, 0.15) is 30.5 Å². The normalized spacial score (nSPS) is 22.4. The van der Waals surface area contributed by atoms with Crippen LogP contribution in [0.5, 0.6) is 0 Å². The van der Waals surface area contributed by atoms with E-state index in [-0.39, 0.29) is 12.5 Å². The van der Waals surface area contributed by atoms with Gasteiger partial charge in [-0.25, -0.2) is 4.79 Å². The Kier molecular flexibility index (Phi) is 5.00. The number of aryl methyl sites for hydroxylation is 1. The minimum atomic E-state index is -1.05. The maximum absolute atomic E-state index is 12.1. The van der Waals surface area contributed by atoms with Crippen LogP contribution in [-0.4, -0.2) is 41.1 Å². The van der Waals surface area contributed by atoms with E-state index in [1.807, 2.05) is 32.0 Å². The Morgan fingerprint density at radius 1 is 1.52 bits per heavy atom. The standard InChI is InChI=1S/C15H18BrNO4/c1-3-6-17-12(18)8-21-14(15(19)20)13(17)10-5-4-9(2)11(16)7-10/h4-5,7,13-14H,3,6,8H2,1-2H3,(H,19,20). The summed E-state index contributed by atoms with van der Waals surface area (Å²) < 4.78 is 6.15. The van der Waals surface area contributed by atoms with Crippen LogP contribution in [0.15, 0.2) is 22.7 Å². The van der Waals surface area contributed by atoms with E-state index in [1.165, 1.54) is 0 Å². The molecule has 1 aromatic rings. The molecule has 1 aliphatic heterocycles. The minimum Gasteiger partial charge on any atom is -0.479 e. The van der Waals surface area contributed by atoms with Gasteiger partial charge in [0, 0.05) is 11.0 Å². The molecule has 1 fully saturated rings. The summed E-state index contributed by atoms with van der Waals surface area (Å²) in [5.74, 6) is -1.22. The quantitative estimate of drug-likeness (QED) is 0.900. The zero-order valence-corrected chi connectivity index (χ0v) is 13.6. The van der Waals surface area contributed by atoms with Crippen LogP contribution < -0.4 is 0 Å². The number of carboxylic acids is 1. The summed E-state index contributed by atoms with van der Waals surface area (Å²) in [4.78, 5) is 25.2. The number of benzene rings is 1. The molecule has 0 saturated carbocycles. The van der Waals surface area contributed by atoms with E-state index in [4.69, 9.17) is 4.74 Å². The largest absolute Gasteiger partial charge is 0.479 e. The van der Waals surface area contributed by atoms with Crippen LogP contribution in [-0.2, 0) is 14.3 Å². The van der Waals surface area contributed by atoms with E-state index in [0.717, 1.165) is 22.0 Å². The van der Waals surface area contributed by atoms with Crippen molar-refractivity contribution in [3.05, 3.63) is 33.8 Å². The van der Waals surface area contributed by atoms with Gasteiger partial charge < -0.3 is 14.7 Å². The molecule has 1 N–H and O–H groups in total. The van der Waals surface area contributed by atoms with Crippen LogP contribution in [0, 0.1) is 6.92 Å². The molecule has 1 aromatic carbocycles. The lowest BCUT2D eigenvalue weighted by Crippen LogP contribution is -2.52. The van der Waals surface area contributed by atoms with Crippen molar-refractivity contribution >= 4 is 27.8 Å². The molecular formula is C15H18BrNO4. The first-order chi connectivity index (χ1) is 9.95. The number of ether oxygens (including phenoxy) is 1. The molecule has 1 aliphatic rings. The van der Waals surface area contributed by atoms with E-state index in [9.17, 15) is 14.7 Å². The predicted molar refractivity (Wildman–Crippen MR) is 81.0 cm³/mol. The van der Waals surface area contributed by atoms with E-state index in [2.05, 4.69) is 15.9 Å². The van der Waals surface area contributed by atoms with Crippen molar-refractivity contribution in [2.24, 2.45) is 0 Å². The monoisotopic (exact) mass is 355 g/mol. The van der Waals surface area contributed by atoms with Crippen molar-refractivity contribution in [1.82, 2.24) is 4.90 Å².